The Kier molecular flexibility index (Phi) is 8.91. The highest BCUT2D eigenvalue weighted by molar-refractivity contribution is 7.91. The van der Waals surface area contributed by atoms with Crippen molar-refractivity contribution in [2.45, 2.75) is 23.6 Å². The summed E-state index contributed by atoms with van der Waals surface area (Å²) < 4.78 is 41.4. The number of anilines is 2. The smallest absolute Gasteiger partial charge is 0.206 e. The van der Waals surface area contributed by atoms with E-state index >= 15 is 0 Å². The molecule has 0 radical (unpaired) electrons. The van der Waals surface area contributed by atoms with Crippen LogP contribution in [0.3, 0.4) is 0 Å². The van der Waals surface area contributed by atoms with Crippen LogP contribution in [0.25, 0.3) is 0 Å². The molecular weight excluding hydrogens is 392 g/mol. The van der Waals surface area contributed by atoms with Crippen LogP contribution in [-0.4, -0.2) is 56.0 Å². The van der Waals surface area contributed by atoms with Crippen LogP contribution in [0.5, 0.6) is 0 Å². The molecule has 0 spiro atoms. The molecule has 160 valence electrons. The second kappa shape index (κ2) is 11.2. The molecule has 2 aromatic rings. The molecule has 2 rings (SSSR count). The Balaban J connectivity index is 2.20. The van der Waals surface area contributed by atoms with Gasteiger partial charge in [-0.15, -0.1) is 0 Å². The van der Waals surface area contributed by atoms with E-state index in [1.54, 1.807) is 50.6 Å². The van der Waals surface area contributed by atoms with Crippen molar-refractivity contribution < 1.29 is 22.6 Å². The molecule has 0 aromatic heterocycles. The predicted octanol–water partition coefficient (Wildman–Crippen LogP) is 3.35. The number of sulfone groups is 1. The highest BCUT2D eigenvalue weighted by Crippen LogP contribution is 2.26. The molecule has 0 N–H and O–H groups in total. The van der Waals surface area contributed by atoms with Crippen molar-refractivity contribution in [3.05, 3.63) is 48.5 Å². The standard InChI is InChI=1S/C21H30N2O5S/c1-5-22(6-2)18-7-11-20(12-8-18)29(24,25)21-13-9-19(10-14-21)23(15-26-3)16-28-17-27-4/h7-14H,5-6,15-17H2,1-4H3. The van der Waals surface area contributed by atoms with Crippen LogP contribution in [-0.2, 0) is 24.0 Å². The molecule has 29 heavy (non-hydrogen) atoms. The zero-order valence-corrected chi connectivity index (χ0v) is 18.3. The average molecular weight is 423 g/mol. The van der Waals surface area contributed by atoms with Gasteiger partial charge in [0.05, 0.1) is 9.79 Å². The van der Waals surface area contributed by atoms with Crippen LogP contribution in [0.2, 0.25) is 0 Å². The largest absolute Gasteiger partial charge is 0.372 e. The van der Waals surface area contributed by atoms with Gasteiger partial charge in [0, 0.05) is 38.7 Å². The Morgan fingerprint density at radius 1 is 0.724 bits per heavy atom. The van der Waals surface area contributed by atoms with Gasteiger partial charge in [0.2, 0.25) is 9.84 Å². The molecule has 0 bridgehead atoms. The number of ether oxygens (including phenoxy) is 3. The van der Waals surface area contributed by atoms with Gasteiger partial charge in [-0.05, 0) is 62.4 Å². The van der Waals surface area contributed by atoms with Gasteiger partial charge in [-0.25, -0.2) is 8.42 Å². The van der Waals surface area contributed by atoms with Crippen LogP contribution in [0.15, 0.2) is 58.3 Å². The van der Waals surface area contributed by atoms with Crippen molar-refractivity contribution in [1.82, 2.24) is 0 Å². The van der Waals surface area contributed by atoms with E-state index in [0.717, 1.165) is 24.5 Å². The van der Waals surface area contributed by atoms with E-state index in [9.17, 15) is 8.42 Å². The van der Waals surface area contributed by atoms with Crippen LogP contribution in [0.1, 0.15) is 13.8 Å². The monoisotopic (exact) mass is 422 g/mol. The van der Waals surface area contributed by atoms with Crippen molar-refractivity contribution in [3.8, 4) is 0 Å². The Morgan fingerprint density at radius 2 is 1.21 bits per heavy atom. The molecule has 0 saturated carbocycles. The number of benzene rings is 2. The van der Waals surface area contributed by atoms with E-state index in [2.05, 4.69) is 18.7 Å². The number of rotatable bonds is 12. The first-order chi connectivity index (χ1) is 14.0. The molecule has 0 saturated heterocycles. The fourth-order valence-corrected chi connectivity index (χ4v) is 4.23. The number of nitrogens with zero attached hydrogens (tertiary/aromatic N) is 2. The van der Waals surface area contributed by atoms with E-state index in [1.165, 1.54) is 0 Å². The third kappa shape index (κ3) is 5.93. The van der Waals surface area contributed by atoms with E-state index in [-0.39, 0.29) is 23.3 Å². The third-order valence-electron chi connectivity index (χ3n) is 4.52. The van der Waals surface area contributed by atoms with Gasteiger partial charge in [-0.2, -0.15) is 0 Å². The van der Waals surface area contributed by atoms with Crippen LogP contribution in [0.4, 0.5) is 11.4 Å². The lowest BCUT2D eigenvalue weighted by atomic mass is 10.3. The zero-order valence-electron chi connectivity index (χ0n) is 17.5. The van der Waals surface area contributed by atoms with Crippen molar-refractivity contribution in [2.24, 2.45) is 0 Å². The Morgan fingerprint density at radius 3 is 1.62 bits per heavy atom. The third-order valence-corrected chi connectivity index (χ3v) is 6.31. The van der Waals surface area contributed by atoms with E-state index in [1.807, 2.05) is 17.0 Å². The van der Waals surface area contributed by atoms with E-state index in [4.69, 9.17) is 14.2 Å². The zero-order chi connectivity index (χ0) is 21.3. The molecule has 2 aromatic carbocycles. The normalized spacial score (nSPS) is 11.4. The molecule has 8 heteroatoms. The quantitative estimate of drug-likeness (QED) is 0.384. The van der Waals surface area contributed by atoms with Gasteiger partial charge < -0.3 is 24.0 Å². The Labute approximate surface area is 173 Å². The summed E-state index contributed by atoms with van der Waals surface area (Å²) in [5.41, 5.74) is 1.80. The summed E-state index contributed by atoms with van der Waals surface area (Å²) in [6.07, 6.45) is 0. The minimum absolute atomic E-state index is 0.163. The molecule has 0 atom stereocenters. The molecule has 0 fully saturated rings. The van der Waals surface area contributed by atoms with E-state index < -0.39 is 9.84 Å². The minimum atomic E-state index is -3.59. The first-order valence-corrected chi connectivity index (χ1v) is 11.0. The summed E-state index contributed by atoms with van der Waals surface area (Å²) in [7, 11) is -0.452. The van der Waals surface area contributed by atoms with Crippen molar-refractivity contribution in [1.29, 1.82) is 0 Å². The highest BCUT2D eigenvalue weighted by atomic mass is 32.2. The highest BCUT2D eigenvalue weighted by Gasteiger charge is 2.18. The van der Waals surface area contributed by atoms with Gasteiger partial charge in [0.25, 0.3) is 0 Å². The molecule has 0 aliphatic rings. The van der Waals surface area contributed by atoms with Gasteiger partial charge in [-0.1, -0.05) is 0 Å². The van der Waals surface area contributed by atoms with Gasteiger partial charge in [0.1, 0.15) is 20.3 Å². The summed E-state index contributed by atoms with van der Waals surface area (Å²) in [6.45, 7) is 6.62. The van der Waals surface area contributed by atoms with Crippen LogP contribution < -0.4 is 9.80 Å². The molecule has 7 nitrogen and oxygen atoms in total. The summed E-state index contributed by atoms with van der Waals surface area (Å²) >= 11 is 0. The first kappa shape index (κ1) is 23.2. The summed E-state index contributed by atoms with van der Waals surface area (Å²) in [6, 6.07) is 13.7. The van der Waals surface area contributed by atoms with Crippen molar-refractivity contribution in [2.75, 3.05) is 57.4 Å². The second-order valence-corrected chi connectivity index (χ2v) is 8.31. The fraction of sp³-hybridized carbons (Fsp3) is 0.429. The minimum Gasteiger partial charge on any atom is -0.372 e. The average Bonchev–Trinajstić information content (AvgIpc) is 2.75. The van der Waals surface area contributed by atoms with Crippen molar-refractivity contribution >= 4 is 21.2 Å². The Hall–Kier alpha value is -2.13. The molecule has 0 aliphatic carbocycles. The Bertz CT molecular complexity index is 834. The maximum Gasteiger partial charge on any atom is 0.206 e. The lowest BCUT2D eigenvalue weighted by Crippen LogP contribution is -2.28. The number of hydrogen-bond donors (Lipinski definition) is 0. The maximum absolute atomic E-state index is 13.0. The number of methoxy groups -OCH3 is 2. The second-order valence-electron chi connectivity index (χ2n) is 6.36. The molecule has 0 heterocycles. The summed E-state index contributed by atoms with van der Waals surface area (Å²) in [4.78, 5) is 4.51. The molecular formula is C21H30N2O5S. The predicted molar refractivity (Wildman–Crippen MR) is 114 cm³/mol. The van der Waals surface area contributed by atoms with Crippen molar-refractivity contribution in [3.63, 3.8) is 0 Å². The lowest BCUT2D eigenvalue weighted by Gasteiger charge is -2.23. The molecule has 0 amide bonds. The molecule has 0 unspecified atom stereocenters. The maximum atomic E-state index is 13.0. The summed E-state index contributed by atoms with van der Waals surface area (Å²) in [5, 5.41) is 0. The fourth-order valence-electron chi connectivity index (χ4n) is 2.97. The van der Waals surface area contributed by atoms with E-state index in [0.29, 0.717) is 6.73 Å². The molecule has 0 aliphatic heterocycles. The first-order valence-electron chi connectivity index (χ1n) is 9.48. The lowest BCUT2D eigenvalue weighted by molar-refractivity contribution is -0.0343. The van der Waals surface area contributed by atoms with Gasteiger partial charge in [-0.3, -0.25) is 0 Å². The summed E-state index contributed by atoms with van der Waals surface area (Å²) in [5.74, 6) is 0. The van der Waals surface area contributed by atoms with Crippen LogP contribution in [0, 0.1) is 0 Å². The van der Waals surface area contributed by atoms with Gasteiger partial charge >= 0.3 is 0 Å². The van der Waals surface area contributed by atoms with Crippen LogP contribution >= 0.6 is 0 Å². The number of hydrogen-bond acceptors (Lipinski definition) is 7. The van der Waals surface area contributed by atoms with Gasteiger partial charge in [0.15, 0.2) is 0 Å². The topological polar surface area (TPSA) is 68.3 Å². The SMILES string of the molecule is CCN(CC)c1ccc(S(=O)(=O)c2ccc(N(COC)COCOC)cc2)cc1.